The van der Waals surface area contributed by atoms with Gasteiger partial charge in [0.05, 0.1) is 0 Å². The second-order valence-corrected chi connectivity index (χ2v) is 5.36. The molecule has 0 bridgehead atoms. The zero-order valence-electron chi connectivity index (χ0n) is 10.0. The molecule has 1 heteroatoms. The summed E-state index contributed by atoms with van der Waals surface area (Å²) in [5.41, 5.74) is 1.50. The van der Waals surface area contributed by atoms with Crippen LogP contribution in [0.15, 0.2) is 30.3 Å². The summed E-state index contributed by atoms with van der Waals surface area (Å²) in [5, 5.41) is 1.49. The Kier molecular flexibility index (Phi) is 7.70. The first-order valence-corrected chi connectivity index (χ1v) is 7.89. The molecule has 0 atom stereocenters. The van der Waals surface area contributed by atoms with E-state index in [4.69, 9.17) is 0 Å². The van der Waals surface area contributed by atoms with Crippen LogP contribution in [0.25, 0.3) is 0 Å². The minimum atomic E-state index is 1.27. The van der Waals surface area contributed by atoms with Gasteiger partial charge in [-0.05, 0) is 18.4 Å². The lowest BCUT2D eigenvalue weighted by molar-refractivity contribution is 0.607. The summed E-state index contributed by atoms with van der Waals surface area (Å²) in [7, 11) is 0. The Hall–Kier alpha value is -0.248. The number of rotatable bonds is 8. The molecule has 0 saturated heterocycles. The smallest absolute Gasteiger partial charge is 0.101 e. The van der Waals surface area contributed by atoms with Crippen molar-refractivity contribution in [3.8, 4) is 0 Å². The lowest BCUT2D eigenvalue weighted by Gasteiger charge is -2.01. The van der Waals surface area contributed by atoms with E-state index in [-0.39, 0.29) is 0 Å². The van der Waals surface area contributed by atoms with Crippen LogP contribution in [0.4, 0.5) is 0 Å². The van der Waals surface area contributed by atoms with Gasteiger partial charge in [0.25, 0.3) is 0 Å². The fraction of sp³-hybridized carbons (Fsp3) is 0.571. The van der Waals surface area contributed by atoms with E-state index in [1.54, 1.807) is 0 Å². The van der Waals surface area contributed by atoms with Gasteiger partial charge in [-0.2, -0.15) is 0 Å². The van der Waals surface area contributed by atoms with Crippen molar-refractivity contribution in [1.29, 1.82) is 0 Å². The molecule has 0 unspecified atom stereocenters. The van der Waals surface area contributed by atoms with E-state index >= 15 is 0 Å². The van der Waals surface area contributed by atoms with Crippen molar-refractivity contribution in [3.05, 3.63) is 35.9 Å². The molecule has 0 aliphatic rings. The van der Waals surface area contributed by atoms with Crippen molar-refractivity contribution >= 4 is 16.3 Å². The largest absolute Gasteiger partial charge is 0.211 e. The predicted molar refractivity (Wildman–Crippen MR) is 71.2 cm³/mol. The lowest BCUT2D eigenvalue weighted by Crippen LogP contribution is -1.85. The Bertz CT molecular complexity index is 230. The Morgan fingerprint density at radius 1 is 0.733 bits per heavy atom. The topological polar surface area (TPSA) is 0 Å². The fourth-order valence-electron chi connectivity index (χ4n) is 1.93. The molecule has 1 aromatic rings. The molecule has 0 saturated carbocycles. The minimum absolute atomic E-state index is 1.27. The maximum Gasteiger partial charge on any atom is 0.211 e. The van der Waals surface area contributed by atoms with Crippen molar-refractivity contribution in [2.24, 2.45) is 0 Å². The van der Waals surface area contributed by atoms with Gasteiger partial charge in [0.2, 0.25) is 16.3 Å². The highest BCUT2D eigenvalue weighted by Crippen LogP contribution is 2.10. The molecule has 1 rings (SSSR count). The maximum atomic E-state index is 2.24. The molecule has 15 heavy (non-hydrogen) atoms. The average Bonchev–Trinajstić information content (AvgIpc) is 2.29. The highest BCUT2D eigenvalue weighted by molar-refractivity contribution is 6.08. The maximum absolute atomic E-state index is 2.24. The third-order valence-electron chi connectivity index (χ3n) is 2.91. The molecule has 0 aromatic heterocycles. The summed E-state index contributed by atoms with van der Waals surface area (Å²) in [5.74, 6) is 0. The van der Waals surface area contributed by atoms with E-state index in [0.717, 1.165) is 0 Å². The van der Waals surface area contributed by atoms with Gasteiger partial charge < -0.3 is 0 Å². The Morgan fingerprint density at radius 3 is 2.00 bits per heavy atom. The first-order valence-electron chi connectivity index (χ1n) is 6.47. The second kappa shape index (κ2) is 9.01. The summed E-state index contributed by atoms with van der Waals surface area (Å²) in [6, 6.07) is 10.8. The first-order chi connectivity index (χ1) is 7.43. The SMILES string of the molecule is [AlH2][CH2]CCCCCCCc1ccccc1. The molecular weight excluding hydrogens is 195 g/mol. The van der Waals surface area contributed by atoms with Crippen LogP contribution in [-0.4, -0.2) is 16.3 Å². The van der Waals surface area contributed by atoms with Crippen LogP contribution in [0.5, 0.6) is 0 Å². The normalized spacial score (nSPS) is 10.4. The van der Waals surface area contributed by atoms with Gasteiger partial charge in [0.1, 0.15) is 0 Å². The highest BCUT2D eigenvalue weighted by atomic mass is 27.0. The molecule has 0 fully saturated rings. The van der Waals surface area contributed by atoms with Crippen LogP contribution in [0.2, 0.25) is 5.28 Å². The van der Waals surface area contributed by atoms with Crippen LogP contribution < -0.4 is 0 Å². The minimum Gasteiger partial charge on any atom is -0.101 e. The van der Waals surface area contributed by atoms with Gasteiger partial charge in [0.15, 0.2) is 0 Å². The molecule has 0 spiro atoms. The van der Waals surface area contributed by atoms with Gasteiger partial charge in [-0.25, -0.2) is 0 Å². The first kappa shape index (κ1) is 12.8. The molecule has 0 heterocycles. The molecule has 0 N–H and O–H groups in total. The van der Waals surface area contributed by atoms with Crippen molar-refractivity contribution in [3.63, 3.8) is 0 Å². The van der Waals surface area contributed by atoms with Crippen molar-refractivity contribution in [2.75, 3.05) is 0 Å². The van der Waals surface area contributed by atoms with Crippen molar-refractivity contribution in [2.45, 2.75) is 50.2 Å². The van der Waals surface area contributed by atoms with Crippen molar-refractivity contribution < 1.29 is 0 Å². The predicted octanol–water partition coefficient (Wildman–Crippen LogP) is 3.62. The Balaban J connectivity index is 1.93. The van der Waals surface area contributed by atoms with E-state index < -0.39 is 0 Å². The van der Waals surface area contributed by atoms with Gasteiger partial charge in [-0.1, -0.05) is 62.4 Å². The zero-order chi connectivity index (χ0) is 10.8. The molecule has 0 nitrogen and oxygen atoms in total. The van der Waals surface area contributed by atoms with Gasteiger partial charge >= 0.3 is 0 Å². The second-order valence-electron chi connectivity index (χ2n) is 4.36. The van der Waals surface area contributed by atoms with Crippen LogP contribution in [0, 0.1) is 0 Å². The lowest BCUT2D eigenvalue weighted by atomic mass is 10.1. The molecule has 1 aromatic carbocycles. The van der Waals surface area contributed by atoms with Gasteiger partial charge in [-0.15, -0.1) is 5.28 Å². The molecule has 0 amide bonds. The summed E-state index contributed by atoms with van der Waals surface area (Å²) < 4.78 is 0. The number of aryl methyl sites for hydroxylation is 1. The highest BCUT2D eigenvalue weighted by Gasteiger charge is 1.92. The van der Waals surface area contributed by atoms with Crippen LogP contribution in [0.3, 0.4) is 0 Å². The van der Waals surface area contributed by atoms with E-state index in [2.05, 4.69) is 30.3 Å². The van der Waals surface area contributed by atoms with E-state index in [0.29, 0.717) is 0 Å². The van der Waals surface area contributed by atoms with Gasteiger partial charge in [0, 0.05) is 0 Å². The quantitative estimate of drug-likeness (QED) is 0.462. The summed E-state index contributed by atoms with van der Waals surface area (Å²) in [6.45, 7) is 0. The third kappa shape index (κ3) is 6.77. The Morgan fingerprint density at radius 2 is 1.33 bits per heavy atom. The van der Waals surface area contributed by atoms with Crippen LogP contribution >= 0.6 is 0 Å². The molecule has 0 radical (unpaired) electrons. The monoisotopic (exact) mass is 218 g/mol. The van der Waals surface area contributed by atoms with Gasteiger partial charge in [-0.3, -0.25) is 0 Å². The van der Waals surface area contributed by atoms with E-state index in [9.17, 15) is 0 Å². The van der Waals surface area contributed by atoms with Crippen molar-refractivity contribution in [1.82, 2.24) is 0 Å². The number of unbranched alkanes of at least 4 members (excludes halogenated alkanes) is 5. The number of hydrogen-bond acceptors (Lipinski definition) is 0. The number of benzene rings is 1. The average molecular weight is 218 g/mol. The van der Waals surface area contributed by atoms with E-state index in [1.807, 2.05) is 0 Å². The third-order valence-corrected chi connectivity index (χ3v) is 3.62. The molecule has 82 valence electrons. The summed E-state index contributed by atoms with van der Waals surface area (Å²) >= 11 is 1.39. The standard InChI is InChI=1S/C14H21.Al.2H/c1-2-3-4-5-6-8-11-14-12-9-7-10-13-14;;;/h7,9-10,12-13H,1-6,8,11H2;;;. The summed E-state index contributed by atoms with van der Waals surface area (Å²) in [4.78, 5) is 0. The number of hydrogen-bond donors (Lipinski definition) is 0. The molecule has 0 aliphatic heterocycles. The molecular formula is C14H23Al. The fourth-order valence-corrected chi connectivity index (χ4v) is 2.43. The zero-order valence-corrected chi connectivity index (χ0v) is 12.0. The van der Waals surface area contributed by atoms with Crippen LogP contribution in [0.1, 0.15) is 44.1 Å². The summed E-state index contributed by atoms with van der Waals surface area (Å²) in [6.07, 6.45) is 9.88. The van der Waals surface area contributed by atoms with E-state index in [1.165, 1.54) is 72.1 Å². The molecule has 0 aliphatic carbocycles. The van der Waals surface area contributed by atoms with Crippen LogP contribution in [-0.2, 0) is 6.42 Å². The Labute approximate surface area is 103 Å².